The molecule has 0 saturated carbocycles. The monoisotopic (exact) mass is 220 g/mol. The summed E-state index contributed by atoms with van der Waals surface area (Å²) < 4.78 is 17.0. The lowest BCUT2D eigenvalue weighted by Gasteiger charge is -2.31. The number of hydrogen-bond donors (Lipinski definition) is 0. The van der Waals surface area contributed by atoms with Crippen LogP contribution >= 0.6 is 0 Å². The van der Waals surface area contributed by atoms with Gasteiger partial charge in [0.25, 0.3) is 0 Å². The highest BCUT2D eigenvalue weighted by molar-refractivity contribution is 6.38. The number of benzene rings is 1. The van der Waals surface area contributed by atoms with E-state index in [-0.39, 0.29) is 11.2 Å². The molecule has 2 rings (SSSR count). The van der Waals surface area contributed by atoms with Crippen molar-refractivity contribution >= 4 is 7.32 Å². The molecule has 1 aliphatic heterocycles. The Morgan fingerprint density at radius 3 is 1.94 bits per heavy atom. The molecule has 16 heavy (non-hydrogen) atoms. The average molecular weight is 220 g/mol. The smallest absolute Gasteiger partial charge is 0.512 e. The van der Waals surface area contributed by atoms with Crippen LogP contribution in [0, 0.1) is 0 Å². The van der Waals surface area contributed by atoms with Gasteiger partial charge in [-0.25, -0.2) is 0 Å². The summed E-state index contributed by atoms with van der Waals surface area (Å²) in [6.07, 6.45) is 0. The molecule has 86 valence electrons. The summed E-state index contributed by atoms with van der Waals surface area (Å²) >= 11 is 0. The van der Waals surface area contributed by atoms with Gasteiger partial charge in [0.2, 0.25) is 0 Å². The molecule has 1 fully saturated rings. The second kappa shape index (κ2) is 3.79. The molecule has 0 radical (unpaired) electrons. The highest BCUT2D eigenvalue weighted by Crippen LogP contribution is 2.37. The highest BCUT2D eigenvalue weighted by atomic mass is 16.8. The lowest BCUT2D eigenvalue weighted by atomic mass is 9.90. The minimum absolute atomic E-state index is 0.355. The van der Waals surface area contributed by atoms with Gasteiger partial charge < -0.3 is 14.0 Å². The molecule has 0 amide bonds. The minimum Gasteiger partial charge on any atom is -0.512 e. The van der Waals surface area contributed by atoms with E-state index in [2.05, 4.69) is 0 Å². The molecule has 0 aliphatic carbocycles. The molecule has 0 spiro atoms. The van der Waals surface area contributed by atoms with Crippen molar-refractivity contribution in [2.75, 3.05) is 0 Å². The molecule has 4 heteroatoms. The van der Waals surface area contributed by atoms with Crippen molar-refractivity contribution < 1.29 is 14.0 Å². The van der Waals surface area contributed by atoms with Gasteiger partial charge in [0, 0.05) is 0 Å². The van der Waals surface area contributed by atoms with Gasteiger partial charge in [-0.1, -0.05) is 18.2 Å². The lowest BCUT2D eigenvalue weighted by Crippen LogP contribution is -2.41. The van der Waals surface area contributed by atoms with Gasteiger partial charge in [0.1, 0.15) is 5.75 Å². The minimum atomic E-state index is -0.632. The molecule has 0 N–H and O–H groups in total. The molecule has 0 atom stereocenters. The summed E-state index contributed by atoms with van der Waals surface area (Å²) in [6.45, 7) is 8.01. The van der Waals surface area contributed by atoms with Crippen LogP contribution in [0.1, 0.15) is 27.7 Å². The molecular formula is C12H17BO3. The summed E-state index contributed by atoms with van der Waals surface area (Å²) in [5.74, 6) is 0.751. The van der Waals surface area contributed by atoms with E-state index in [1.807, 2.05) is 58.0 Å². The Bertz CT molecular complexity index is 346. The van der Waals surface area contributed by atoms with Crippen molar-refractivity contribution in [2.45, 2.75) is 38.9 Å². The molecule has 3 nitrogen and oxygen atoms in total. The molecule has 0 unspecified atom stereocenters. The fourth-order valence-electron chi connectivity index (χ4n) is 1.45. The van der Waals surface area contributed by atoms with Gasteiger partial charge in [0.05, 0.1) is 11.2 Å². The molecule has 0 bridgehead atoms. The molecule has 0 aromatic heterocycles. The second-order valence-electron chi connectivity index (χ2n) is 4.98. The second-order valence-corrected chi connectivity index (χ2v) is 4.98. The van der Waals surface area contributed by atoms with E-state index < -0.39 is 7.32 Å². The van der Waals surface area contributed by atoms with Crippen molar-refractivity contribution in [3.63, 3.8) is 0 Å². The van der Waals surface area contributed by atoms with Crippen molar-refractivity contribution in [2.24, 2.45) is 0 Å². The summed E-state index contributed by atoms with van der Waals surface area (Å²) in [6, 6.07) is 9.54. The van der Waals surface area contributed by atoms with Gasteiger partial charge in [0.15, 0.2) is 0 Å². The van der Waals surface area contributed by atoms with Crippen LogP contribution in [0.5, 0.6) is 5.75 Å². The average Bonchev–Trinajstić information content (AvgIpc) is 2.36. The van der Waals surface area contributed by atoms with E-state index in [1.54, 1.807) is 0 Å². The van der Waals surface area contributed by atoms with Gasteiger partial charge in [-0.3, -0.25) is 0 Å². The summed E-state index contributed by atoms with van der Waals surface area (Å²) in [5, 5.41) is 0. The molecule has 1 heterocycles. The van der Waals surface area contributed by atoms with Crippen LogP contribution in [0.25, 0.3) is 0 Å². The van der Waals surface area contributed by atoms with Gasteiger partial charge >= 0.3 is 7.32 Å². The maximum atomic E-state index is 5.72. The fraction of sp³-hybridized carbons (Fsp3) is 0.500. The standard InChI is InChI=1S/C12H17BO3/c1-11(2)12(3,4)16-13(15-11)14-10-8-6-5-7-9-10/h5-9H,1-4H3. The van der Waals surface area contributed by atoms with E-state index >= 15 is 0 Å². The van der Waals surface area contributed by atoms with Crippen LogP contribution in [0.15, 0.2) is 30.3 Å². The first-order valence-electron chi connectivity index (χ1n) is 5.48. The van der Waals surface area contributed by atoms with Gasteiger partial charge in [-0.2, -0.15) is 0 Å². The maximum absolute atomic E-state index is 5.72. The highest BCUT2D eigenvalue weighted by Gasteiger charge is 2.54. The van der Waals surface area contributed by atoms with Crippen LogP contribution in [-0.2, 0) is 9.31 Å². The Labute approximate surface area is 96.9 Å². The third-order valence-corrected chi connectivity index (χ3v) is 3.21. The van der Waals surface area contributed by atoms with Crippen LogP contribution in [0.2, 0.25) is 0 Å². The van der Waals surface area contributed by atoms with E-state index in [9.17, 15) is 0 Å². The zero-order valence-electron chi connectivity index (χ0n) is 10.2. The first-order chi connectivity index (χ1) is 7.41. The number of para-hydroxylation sites is 1. The van der Waals surface area contributed by atoms with Crippen molar-refractivity contribution in [1.82, 2.24) is 0 Å². The largest absolute Gasteiger partial charge is 0.714 e. The van der Waals surface area contributed by atoms with Gasteiger partial charge in [-0.15, -0.1) is 0 Å². The Kier molecular flexibility index (Phi) is 2.72. The van der Waals surface area contributed by atoms with E-state index in [0.717, 1.165) is 5.75 Å². The number of rotatable bonds is 2. The summed E-state index contributed by atoms with van der Waals surface area (Å²) in [7, 11) is -0.632. The lowest BCUT2D eigenvalue weighted by molar-refractivity contribution is 0.00578. The molecule has 1 aromatic rings. The van der Waals surface area contributed by atoms with Crippen LogP contribution < -0.4 is 4.65 Å². The Balaban J connectivity index is 2.05. The van der Waals surface area contributed by atoms with E-state index in [1.165, 1.54) is 0 Å². The Morgan fingerprint density at radius 1 is 0.938 bits per heavy atom. The molecule has 1 saturated heterocycles. The predicted octanol–water partition coefficient (Wildman–Crippen LogP) is 2.65. The first kappa shape index (κ1) is 11.5. The zero-order chi connectivity index (χ0) is 11.8. The third-order valence-electron chi connectivity index (χ3n) is 3.21. The van der Waals surface area contributed by atoms with Crippen LogP contribution in [0.4, 0.5) is 0 Å². The van der Waals surface area contributed by atoms with E-state index in [0.29, 0.717) is 0 Å². The van der Waals surface area contributed by atoms with Crippen molar-refractivity contribution in [3.8, 4) is 5.75 Å². The van der Waals surface area contributed by atoms with Gasteiger partial charge in [-0.05, 0) is 39.8 Å². The van der Waals surface area contributed by atoms with Crippen molar-refractivity contribution in [3.05, 3.63) is 30.3 Å². The predicted molar refractivity (Wildman–Crippen MR) is 63.2 cm³/mol. The first-order valence-corrected chi connectivity index (χ1v) is 5.48. The Morgan fingerprint density at radius 2 is 1.44 bits per heavy atom. The molecular weight excluding hydrogens is 203 g/mol. The summed E-state index contributed by atoms with van der Waals surface area (Å²) in [5.41, 5.74) is -0.709. The third kappa shape index (κ3) is 2.08. The molecule has 1 aromatic carbocycles. The topological polar surface area (TPSA) is 27.7 Å². The quantitative estimate of drug-likeness (QED) is 0.717. The molecule has 1 aliphatic rings. The fourth-order valence-corrected chi connectivity index (χ4v) is 1.45. The normalized spacial score (nSPS) is 22.1. The van der Waals surface area contributed by atoms with Crippen LogP contribution in [-0.4, -0.2) is 18.5 Å². The maximum Gasteiger partial charge on any atom is 0.714 e. The summed E-state index contributed by atoms with van der Waals surface area (Å²) in [4.78, 5) is 0. The Hall–Kier alpha value is -0.995. The number of hydrogen-bond acceptors (Lipinski definition) is 3. The van der Waals surface area contributed by atoms with E-state index in [4.69, 9.17) is 14.0 Å². The SMILES string of the molecule is CC1(C)OB(Oc2ccccc2)OC1(C)C. The zero-order valence-corrected chi connectivity index (χ0v) is 10.2. The van der Waals surface area contributed by atoms with Crippen molar-refractivity contribution in [1.29, 1.82) is 0 Å². The van der Waals surface area contributed by atoms with Crippen LogP contribution in [0.3, 0.4) is 0 Å².